The van der Waals surface area contributed by atoms with Crippen molar-refractivity contribution in [2.24, 2.45) is 5.92 Å². The lowest BCUT2D eigenvalue weighted by Crippen LogP contribution is -2.47. The average molecular weight is 446 g/mol. The molecule has 4 heterocycles. The summed E-state index contributed by atoms with van der Waals surface area (Å²) in [6.45, 7) is 4.01. The molecule has 0 aliphatic carbocycles. The van der Waals surface area contributed by atoms with E-state index < -0.39 is 10.0 Å². The molecule has 2 aromatic rings. The van der Waals surface area contributed by atoms with Crippen molar-refractivity contribution in [3.8, 4) is 0 Å². The van der Waals surface area contributed by atoms with E-state index in [-0.39, 0.29) is 11.8 Å². The van der Waals surface area contributed by atoms with E-state index in [1.165, 1.54) is 10.6 Å². The molecule has 2 aromatic heterocycles. The SMILES string of the molecule is CS(=O)(=O)N1CCC(C(=O)Nc2cnc(N3CCN(c4ccccn4)CC3)nc2)CC1. The highest BCUT2D eigenvalue weighted by molar-refractivity contribution is 7.88. The minimum Gasteiger partial charge on any atom is -0.353 e. The quantitative estimate of drug-likeness (QED) is 0.720. The molecule has 0 saturated carbocycles. The fraction of sp³-hybridized carbons (Fsp3) is 0.500. The number of carbonyl (C=O) groups is 1. The minimum atomic E-state index is -3.20. The van der Waals surface area contributed by atoms with Crippen molar-refractivity contribution in [1.82, 2.24) is 19.3 Å². The predicted molar refractivity (Wildman–Crippen MR) is 118 cm³/mol. The van der Waals surface area contributed by atoms with Gasteiger partial charge in [-0.3, -0.25) is 4.79 Å². The van der Waals surface area contributed by atoms with E-state index in [4.69, 9.17) is 0 Å². The highest BCUT2D eigenvalue weighted by Gasteiger charge is 2.29. The molecule has 1 amide bonds. The average Bonchev–Trinajstić information content (AvgIpc) is 2.80. The van der Waals surface area contributed by atoms with E-state index in [1.54, 1.807) is 18.6 Å². The Hall–Kier alpha value is -2.79. The third kappa shape index (κ3) is 5.28. The number of nitrogens with zero attached hydrogens (tertiary/aromatic N) is 6. The van der Waals surface area contributed by atoms with Crippen molar-refractivity contribution >= 4 is 33.4 Å². The van der Waals surface area contributed by atoms with Crippen LogP contribution in [0, 0.1) is 5.92 Å². The lowest BCUT2D eigenvalue weighted by Gasteiger charge is -2.35. The van der Waals surface area contributed by atoms with Crippen LogP contribution >= 0.6 is 0 Å². The summed E-state index contributed by atoms with van der Waals surface area (Å²) in [5, 5.41) is 2.86. The van der Waals surface area contributed by atoms with Gasteiger partial charge in [-0.15, -0.1) is 0 Å². The monoisotopic (exact) mass is 445 g/mol. The third-order valence-corrected chi connectivity index (χ3v) is 7.04. The number of sulfonamides is 1. The van der Waals surface area contributed by atoms with Crippen molar-refractivity contribution in [3.63, 3.8) is 0 Å². The second-order valence-corrected chi connectivity index (χ2v) is 9.84. The van der Waals surface area contributed by atoms with E-state index in [2.05, 4.69) is 30.1 Å². The standard InChI is InChI=1S/C20H27N7O3S/c1-31(29,30)27-8-5-16(6-9-27)19(28)24-17-14-22-20(23-15-17)26-12-10-25(11-13-26)18-4-2-3-7-21-18/h2-4,7,14-16H,5-6,8-13H2,1H3,(H,24,28). The molecule has 2 saturated heterocycles. The van der Waals surface area contributed by atoms with Gasteiger partial charge < -0.3 is 15.1 Å². The summed E-state index contributed by atoms with van der Waals surface area (Å²) in [5.41, 5.74) is 0.548. The van der Waals surface area contributed by atoms with Crippen LogP contribution in [0.5, 0.6) is 0 Å². The predicted octanol–water partition coefficient (Wildman–Crippen LogP) is 0.808. The van der Waals surface area contributed by atoms with Gasteiger partial charge in [0.15, 0.2) is 0 Å². The van der Waals surface area contributed by atoms with Crippen molar-refractivity contribution in [3.05, 3.63) is 36.8 Å². The van der Waals surface area contributed by atoms with Gasteiger partial charge in [0.1, 0.15) is 5.82 Å². The van der Waals surface area contributed by atoms with Crippen molar-refractivity contribution < 1.29 is 13.2 Å². The molecule has 10 nitrogen and oxygen atoms in total. The zero-order valence-corrected chi connectivity index (χ0v) is 18.3. The maximum atomic E-state index is 12.5. The number of hydrogen-bond acceptors (Lipinski definition) is 8. The maximum absolute atomic E-state index is 12.5. The number of amides is 1. The lowest BCUT2D eigenvalue weighted by molar-refractivity contribution is -0.120. The largest absolute Gasteiger partial charge is 0.353 e. The molecule has 31 heavy (non-hydrogen) atoms. The van der Waals surface area contributed by atoms with Gasteiger partial charge in [-0.25, -0.2) is 27.7 Å². The van der Waals surface area contributed by atoms with E-state index in [9.17, 15) is 13.2 Å². The fourth-order valence-corrected chi connectivity index (χ4v) is 4.79. The second kappa shape index (κ2) is 9.15. The van der Waals surface area contributed by atoms with E-state index in [0.29, 0.717) is 37.6 Å². The van der Waals surface area contributed by atoms with E-state index in [1.807, 2.05) is 18.2 Å². The number of pyridine rings is 1. The van der Waals surface area contributed by atoms with Gasteiger partial charge in [-0.2, -0.15) is 0 Å². The Kier molecular flexibility index (Phi) is 6.33. The summed E-state index contributed by atoms with van der Waals surface area (Å²) in [5.74, 6) is 1.29. The number of anilines is 3. The molecule has 0 bridgehead atoms. The Bertz CT molecular complexity index is 985. The molecule has 0 radical (unpaired) electrons. The van der Waals surface area contributed by atoms with Gasteiger partial charge in [0, 0.05) is 51.4 Å². The van der Waals surface area contributed by atoms with Gasteiger partial charge in [0.25, 0.3) is 0 Å². The number of carbonyl (C=O) groups excluding carboxylic acids is 1. The molecule has 2 fully saturated rings. The summed E-state index contributed by atoms with van der Waals surface area (Å²) in [4.78, 5) is 30.1. The Balaban J connectivity index is 1.27. The zero-order chi connectivity index (χ0) is 21.8. The summed E-state index contributed by atoms with van der Waals surface area (Å²) in [6.07, 6.45) is 7.27. The molecule has 166 valence electrons. The fourth-order valence-electron chi connectivity index (χ4n) is 3.92. The summed E-state index contributed by atoms with van der Waals surface area (Å²) >= 11 is 0. The summed E-state index contributed by atoms with van der Waals surface area (Å²) in [6, 6.07) is 5.90. The normalized spacial score (nSPS) is 18.7. The van der Waals surface area contributed by atoms with E-state index >= 15 is 0 Å². The first-order valence-corrected chi connectivity index (χ1v) is 12.2. The molecule has 2 aliphatic rings. The number of nitrogens with one attached hydrogen (secondary N) is 1. The molecular formula is C20H27N7O3S. The van der Waals surface area contributed by atoms with Gasteiger partial charge in [-0.05, 0) is 25.0 Å². The minimum absolute atomic E-state index is 0.117. The van der Waals surface area contributed by atoms with Crippen LogP contribution < -0.4 is 15.1 Å². The van der Waals surface area contributed by atoms with Crippen LogP contribution in [0.3, 0.4) is 0 Å². The zero-order valence-electron chi connectivity index (χ0n) is 17.5. The van der Waals surface area contributed by atoms with Crippen LogP contribution in [-0.2, 0) is 14.8 Å². The number of piperidine rings is 1. The van der Waals surface area contributed by atoms with Crippen LogP contribution in [0.15, 0.2) is 36.8 Å². The molecule has 0 spiro atoms. The molecule has 0 atom stereocenters. The smallest absolute Gasteiger partial charge is 0.227 e. The molecule has 11 heteroatoms. The molecule has 0 unspecified atom stereocenters. The van der Waals surface area contributed by atoms with Crippen LogP contribution in [0.25, 0.3) is 0 Å². The van der Waals surface area contributed by atoms with Gasteiger partial charge in [0.2, 0.25) is 21.9 Å². The highest BCUT2D eigenvalue weighted by Crippen LogP contribution is 2.21. The number of rotatable bonds is 5. The van der Waals surface area contributed by atoms with Gasteiger partial charge in [-0.1, -0.05) is 6.07 Å². The van der Waals surface area contributed by atoms with Crippen LogP contribution in [0.4, 0.5) is 17.5 Å². The topological polar surface area (TPSA) is 112 Å². The van der Waals surface area contributed by atoms with Gasteiger partial charge >= 0.3 is 0 Å². The Morgan fingerprint density at radius 1 is 0.968 bits per heavy atom. The Labute approximate surface area is 182 Å². The molecule has 0 aromatic carbocycles. The summed E-state index contributed by atoms with van der Waals surface area (Å²) in [7, 11) is -3.20. The molecular weight excluding hydrogens is 418 g/mol. The molecule has 1 N–H and O–H groups in total. The molecule has 4 rings (SSSR count). The number of aromatic nitrogens is 3. The Morgan fingerprint density at radius 2 is 1.61 bits per heavy atom. The van der Waals surface area contributed by atoms with Crippen LogP contribution in [0.2, 0.25) is 0 Å². The van der Waals surface area contributed by atoms with Crippen molar-refractivity contribution in [1.29, 1.82) is 0 Å². The first-order valence-electron chi connectivity index (χ1n) is 10.4. The summed E-state index contributed by atoms with van der Waals surface area (Å²) < 4.78 is 24.6. The second-order valence-electron chi connectivity index (χ2n) is 7.86. The first-order chi connectivity index (χ1) is 14.9. The third-order valence-electron chi connectivity index (χ3n) is 5.74. The maximum Gasteiger partial charge on any atom is 0.227 e. The number of hydrogen-bond donors (Lipinski definition) is 1. The van der Waals surface area contributed by atoms with Crippen LogP contribution in [0.1, 0.15) is 12.8 Å². The van der Waals surface area contributed by atoms with E-state index in [0.717, 1.165) is 32.0 Å². The van der Waals surface area contributed by atoms with Gasteiger partial charge in [0.05, 0.1) is 24.3 Å². The lowest BCUT2D eigenvalue weighted by atomic mass is 9.97. The molecule has 2 aliphatic heterocycles. The van der Waals surface area contributed by atoms with Crippen molar-refractivity contribution in [2.75, 3.05) is 60.6 Å². The first kappa shape index (κ1) is 21.4. The highest BCUT2D eigenvalue weighted by atomic mass is 32.2. The Morgan fingerprint density at radius 3 is 2.19 bits per heavy atom. The van der Waals surface area contributed by atoms with Crippen molar-refractivity contribution in [2.45, 2.75) is 12.8 Å². The number of piperazine rings is 1. The van der Waals surface area contributed by atoms with Crippen LogP contribution in [-0.4, -0.2) is 79.1 Å².